The van der Waals surface area contributed by atoms with Crippen molar-refractivity contribution in [3.63, 3.8) is 0 Å². The molecule has 3 aliphatic rings. The Bertz CT molecular complexity index is 408. The summed E-state index contributed by atoms with van der Waals surface area (Å²) in [6.07, 6.45) is 5.92. The number of sulfonamides is 1. The van der Waals surface area contributed by atoms with Crippen LogP contribution >= 0.6 is 0 Å². The lowest BCUT2D eigenvalue weighted by Crippen LogP contribution is -2.64. The number of hydrogen-bond donors (Lipinski definition) is 1. The van der Waals surface area contributed by atoms with Gasteiger partial charge in [0.15, 0.2) is 0 Å². The third-order valence-electron chi connectivity index (χ3n) is 5.06. The molecule has 0 aromatic rings. The van der Waals surface area contributed by atoms with Gasteiger partial charge in [-0.3, -0.25) is 4.90 Å². The molecule has 20 heavy (non-hydrogen) atoms. The Morgan fingerprint density at radius 3 is 2.30 bits per heavy atom. The molecule has 0 aromatic heterocycles. The summed E-state index contributed by atoms with van der Waals surface area (Å²) in [5.74, 6) is 0.799. The van der Waals surface area contributed by atoms with Gasteiger partial charge in [-0.15, -0.1) is 0 Å². The summed E-state index contributed by atoms with van der Waals surface area (Å²) in [5.41, 5.74) is 0. The summed E-state index contributed by atoms with van der Waals surface area (Å²) in [5, 5.41) is 3.34. The first-order chi connectivity index (χ1) is 9.65. The Hall–Kier alpha value is -0.170. The Labute approximate surface area is 122 Å². The van der Waals surface area contributed by atoms with Crippen molar-refractivity contribution in [2.75, 3.05) is 45.0 Å². The van der Waals surface area contributed by atoms with Gasteiger partial charge in [-0.1, -0.05) is 19.3 Å². The van der Waals surface area contributed by atoms with Gasteiger partial charge in [0.2, 0.25) is 10.0 Å². The molecule has 0 unspecified atom stereocenters. The smallest absolute Gasteiger partial charge is 0.214 e. The molecule has 6 heteroatoms. The van der Waals surface area contributed by atoms with Gasteiger partial charge in [0, 0.05) is 45.3 Å². The molecule has 0 radical (unpaired) electrons. The standard InChI is InChI=1S/C14H27N3O2S/c18-20(19,12-13-4-2-1-3-5-13)17-10-14(11-17)16-8-6-15-7-9-16/h13-15H,1-12H2. The van der Waals surface area contributed by atoms with E-state index in [-0.39, 0.29) is 0 Å². The molecule has 116 valence electrons. The van der Waals surface area contributed by atoms with Crippen molar-refractivity contribution >= 4 is 10.0 Å². The van der Waals surface area contributed by atoms with E-state index in [0.717, 1.165) is 52.1 Å². The molecule has 0 aromatic carbocycles. The van der Waals surface area contributed by atoms with E-state index in [9.17, 15) is 8.42 Å². The highest BCUT2D eigenvalue weighted by atomic mass is 32.2. The summed E-state index contributed by atoms with van der Waals surface area (Å²) in [6.45, 7) is 5.61. The van der Waals surface area contributed by atoms with E-state index < -0.39 is 10.0 Å². The van der Waals surface area contributed by atoms with Crippen molar-refractivity contribution in [1.29, 1.82) is 0 Å². The van der Waals surface area contributed by atoms with Gasteiger partial charge in [0.1, 0.15) is 0 Å². The van der Waals surface area contributed by atoms with E-state index in [0.29, 0.717) is 17.7 Å². The van der Waals surface area contributed by atoms with Crippen LogP contribution in [0.3, 0.4) is 0 Å². The molecule has 5 nitrogen and oxygen atoms in total. The summed E-state index contributed by atoms with van der Waals surface area (Å²) >= 11 is 0. The second-order valence-electron chi connectivity index (χ2n) is 6.54. The van der Waals surface area contributed by atoms with Crippen molar-refractivity contribution < 1.29 is 8.42 Å². The summed E-state index contributed by atoms with van der Waals surface area (Å²) < 4.78 is 26.5. The van der Waals surface area contributed by atoms with Crippen molar-refractivity contribution in [2.24, 2.45) is 5.92 Å². The van der Waals surface area contributed by atoms with Crippen LogP contribution in [0.4, 0.5) is 0 Å². The summed E-state index contributed by atoms with van der Waals surface area (Å²) in [6, 6.07) is 0.457. The fourth-order valence-electron chi connectivity index (χ4n) is 3.68. The molecule has 0 amide bonds. The summed E-state index contributed by atoms with van der Waals surface area (Å²) in [4.78, 5) is 2.43. The maximum atomic E-state index is 12.4. The number of nitrogens with one attached hydrogen (secondary N) is 1. The topological polar surface area (TPSA) is 52.7 Å². The largest absolute Gasteiger partial charge is 0.314 e. The van der Waals surface area contributed by atoms with Crippen molar-refractivity contribution in [3.8, 4) is 0 Å². The van der Waals surface area contributed by atoms with Crippen LogP contribution in [0.25, 0.3) is 0 Å². The third kappa shape index (κ3) is 3.35. The lowest BCUT2D eigenvalue weighted by Gasteiger charge is -2.46. The maximum absolute atomic E-state index is 12.4. The molecular weight excluding hydrogens is 274 g/mol. The lowest BCUT2D eigenvalue weighted by atomic mass is 9.91. The maximum Gasteiger partial charge on any atom is 0.214 e. The van der Waals surface area contributed by atoms with Gasteiger partial charge in [-0.05, 0) is 18.8 Å². The van der Waals surface area contributed by atoms with Crippen molar-refractivity contribution in [3.05, 3.63) is 0 Å². The number of rotatable bonds is 4. The minimum atomic E-state index is -3.00. The van der Waals surface area contributed by atoms with Crippen LogP contribution < -0.4 is 5.32 Å². The van der Waals surface area contributed by atoms with Crippen LogP contribution in [0, 0.1) is 5.92 Å². The molecule has 1 N–H and O–H groups in total. The molecule has 1 saturated carbocycles. The van der Waals surface area contributed by atoms with E-state index in [2.05, 4.69) is 10.2 Å². The zero-order valence-corrected chi connectivity index (χ0v) is 13.1. The first kappa shape index (κ1) is 14.8. The van der Waals surface area contributed by atoms with Crippen LogP contribution in [0.5, 0.6) is 0 Å². The van der Waals surface area contributed by atoms with Crippen LogP contribution in [0.15, 0.2) is 0 Å². The Morgan fingerprint density at radius 1 is 1.00 bits per heavy atom. The molecule has 2 heterocycles. The Balaban J connectivity index is 1.47. The highest BCUT2D eigenvalue weighted by molar-refractivity contribution is 7.89. The first-order valence-electron chi connectivity index (χ1n) is 8.08. The Morgan fingerprint density at radius 2 is 1.65 bits per heavy atom. The van der Waals surface area contributed by atoms with Gasteiger partial charge < -0.3 is 5.32 Å². The summed E-state index contributed by atoms with van der Waals surface area (Å²) in [7, 11) is -3.00. The zero-order chi connectivity index (χ0) is 14.0. The van der Waals surface area contributed by atoms with Crippen LogP contribution in [-0.2, 0) is 10.0 Å². The van der Waals surface area contributed by atoms with Crippen LogP contribution in [0.1, 0.15) is 32.1 Å². The van der Waals surface area contributed by atoms with Gasteiger partial charge in [-0.2, -0.15) is 4.31 Å². The van der Waals surface area contributed by atoms with Gasteiger partial charge >= 0.3 is 0 Å². The minimum Gasteiger partial charge on any atom is -0.314 e. The molecule has 0 atom stereocenters. The number of hydrogen-bond acceptors (Lipinski definition) is 4. The molecule has 2 aliphatic heterocycles. The first-order valence-corrected chi connectivity index (χ1v) is 9.69. The van der Waals surface area contributed by atoms with Crippen molar-refractivity contribution in [2.45, 2.75) is 38.1 Å². The van der Waals surface area contributed by atoms with Crippen molar-refractivity contribution in [1.82, 2.24) is 14.5 Å². The van der Waals surface area contributed by atoms with Crippen LogP contribution in [0.2, 0.25) is 0 Å². The van der Waals surface area contributed by atoms with Gasteiger partial charge in [0.05, 0.1) is 5.75 Å². The monoisotopic (exact) mass is 301 g/mol. The average molecular weight is 301 g/mol. The van der Waals surface area contributed by atoms with E-state index >= 15 is 0 Å². The molecule has 3 fully saturated rings. The normalized spacial score (nSPS) is 28.4. The Kier molecular flexibility index (Phi) is 4.65. The highest BCUT2D eigenvalue weighted by Crippen LogP contribution is 2.28. The van der Waals surface area contributed by atoms with E-state index in [1.54, 1.807) is 4.31 Å². The molecule has 2 saturated heterocycles. The minimum absolute atomic E-state index is 0.390. The molecule has 0 bridgehead atoms. The molecular formula is C14H27N3O2S. The van der Waals surface area contributed by atoms with Gasteiger partial charge in [0.25, 0.3) is 0 Å². The second-order valence-corrected chi connectivity index (χ2v) is 8.55. The van der Waals surface area contributed by atoms with E-state index in [1.807, 2.05) is 0 Å². The second kappa shape index (κ2) is 6.30. The predicted octanol–water partition coefficient (Wildman–Crippen LogP) is 0.486. The molecule has 3 rings (SSSR count). The number of nitrogens with zero attached hydrogens (tertiary/aromatic N) is 2. The fourth-order valence-corrected chi connectivity index (χ4v) is 5.62. The number of piperazine rings is 1. The molecule has 1 aliphatic carbocycles. The average Bonchev–Trinajstić information content (AvgIpc) is 2.38. The zero-order valence-electron chi connectivity index (χ0n) is 12.3. The predicted molar refractivity (Wildman–Crippen MR) is 80.2 cm³/mol. The SMILES string of the molecule is O=S(=O)(CC1CCCCC1)N1CC(N2CCNCC2)C1. The lowest BCUT2D eigenvalue weighted by molar-refractivity contribution is 0.0770. The third-order valence-corrected chi connectivity index (χ3v) is 7.04. The highest BCUT2D eigenvalue weighted by Gasteiger charge is 2.39. The van der Waals surface area contributed by atoms with Crippen LogP contribution in [-0.4, -0.2) is 68.7 Å². The molecule has 0 spiro atoms. The van der Waals surface area contributed by atoms with E-state index in [1.165, 1.54) is 19.3 Å². The fraction of sp³-hybridized carbons (Fsp3) is 1.00. The quantitative estimate of drug-likeness (QED) is 0.821. The van der Waals surface area contributed by atoms with Gasteiger partial charge in [-0.25, -0.2) is 8.42 Å². The van der Waals surface area contributed by atoms with E-state index in [4.69, 9.17) is 0 Å².